The van der Waals surface area contributed by atoms with Crippen LogP contribution < -0.4 is 15.0 Å². The second kappa shape index (κ2) is 6.70. The SMILES string of the molecule is CCCN1C(=O)C(C)Oc2ccc(NC(=O)c3ccncc3)cc21. The van der Waals surface area contributed by atoms with Crippen LogP contribution >= 0.6 is 0 Å². The van der Waals surface area contributed by atoms with Crippen LogP contribution in [0.2, 0.25) is 0 Å². The van der Waals surface area contributed by atoms with Gasteiger partial charge >= 0.3 is 0 Å². The second-order valence-corrected chi connectivity index (χ2v) is 5.62. The Bertz CT molecular complexity index is 761. The lowest BCUT2D eigenvalue weighted by molar-refractivity contribution is -0.125. The van der Waals surface area contributed by atoms with Crippen LogP contribution in [0.5, 0.6) is 5.75 Å². The molecule has 0 radical (unpaired) electrons. The number of amides is 2. The predicted molar refractivity (Wildman–Crippen MR) is 91.4 cm³/mol. The second-order valence-electron chi connectivity index (χ2n) is 5.62. The van der Waals surface area contributed by atoms with E-state index >= 15 is 0 Å². The molecule has 2 aromatic rings. The van der Waals surface area contributed by atoms with Gasteiger partial charge in [0.15, 0.2) is 6.10 Å². The number of anilines is 2. The van der Waals surface area contributed by atoms with E-state index in [0.29, 0.717) is 29.2 Å². The molecule has 1 unspecified atom stereocenters. The largest absolute Gasteiger partial charge is 0.479 e. The Hall–Kier alpha value is -2.89. The van der Waals surface area contributed by atoms with Gasteiger partial charge < -0.3 is 15.0 Å². The average molecular weight is 325 g/mol. The van der Waals surface area contributed by atoms with Crippen LogP contribution in [0.15, 0.2) is 42.7 Å². The number of ether oxygens (including phenoxy) is 1. The zero-order valence-corrected chi connectivity index (χ0v) is 13.7. The Kier molecular flexibility index (Phi) is 4.46. The topological polar surface area (TPSA) is 71.5 Å². The van der Waals surface area contributed by atoms with Gasteiger partial charge in [-0.15, -0.1) is 0 Å². The summed E-state index contributed by atoms with van der Waals surface area (Å²) < 4.78 is 5.65. The monoisotopic (exact) mass is 325 g/mol. The molecule has 1 aliphatic rings. The highest BCUT2D eigenvalue weighted by Crippen LogP contribution is 2.36. The fraction of sp³-hybridized carbons (Fsp3) is 0.278. The smallest absolute Gasteiger partial charge is 0.267 e. The molecule has 6 heteroatoms. The number of benzene rings is 1. The first-order chi connectivity index (χ1) is 11.6. The van der Waals surface area contributed by atoms with Crippen LogP contribution in [0.1, 0.15) is 30.6 Å². The molecular formula is C18H19N3O3. The molecule has 1 aromatic heterocycles. The Morgan fingerprint density at radius 3 is 2.75 bits per heavy atom. The maximum Gasteiger partial charge on any atom is 0.267 e. The van der Waals surface area contributed by atoms with Crippen LogP contribution in [0.3, 0.4) is 0 Å². The Balaban J connectivity index is 1.87. The van der Waals surface area contributed by atoms with Gasteiger partial charge in [0.25, 0.3) is 11.8 Å². The van der Waals surface area contributed by atoms with E-state index in [2.05, 4.69) is 10.3 Å². The summed E-state index contributed by atoms with van der Waals surface area (Å²) in [5, 5.41) is 2.84. The third-order valence-electron chi connectivity index (χ3n) is 3.81. The first-order valence-electron chi connectivity index (χ1n) is 7.93. The van der Waals surface area contributed by atoms with Crippen LogP contribution in [-0.2, 0) is 4.79 Å². The molecule has 24 heavy (non-hydrogen) atoms. The first-order valence-corrected chi connectivity index (χ1v) is 7.93. The summed E-state index contributed by atoms with van der Waals surface area (Å²) >= 11 is 0. The molecule has 0 aliphatic carbocycles. The number of carbonyl (C=O) groups is 2. The summed E-state index contributed by atoms with van der Waals surface area (Å²) in [4.78, 5) is 30.2. The van der Waals surface area contributed by atoms with Crippen LogP contribution in [0.4, 0.5) is 11.4 Å². The lowest BCUT2D eigenvalue weighted by Gasteiger charge is -2.33. The Morgan fingerprint density at radius 1 is 1.29 bits per heavy atom. The van der Waals surface area contributed by atoms with Gasteiger partial charge in [0, 0.05) is 30.2 Å². The normalized spacial score (nSPS) is 16.3. The van der Waals surface area contributed by atoms with Crippen LogP contribution in [0, 0.1) is 0 Å². The standard InChI is InChI=1S/C18H19N3O3/c1-3-10-21-15-11-14(4-5-16(15)24-12(2)18(21)23)20-17(22)13-6-8-19-9-7-13/h4-9,11-12H,3,10H2,1-2H3,(H,20,22). The third-order valence-corrected chi connectivity index (χ3v) is 3.81. The highest BCUT2D eigenvalue weighted by Gasteiger charge is 2.31. The zero-order valence-electron chi connectivity index (χ0n) is 13.7. The number of aromatic nitrogens is 1. The molecule has 0 fully saturated rings. The molecule has 0 bridgehead atoms. The van der Waals surface area contributed by atoms with E-state index in [-0.39, 0.29) is 11.8 Å². The number of nitrogens with zero attached hydrogens (tertiary/aromatic N) is 2. The number of pyridine rings is 1. The van der Waals surface area contributed by atoms with Crippen molar-refractivity contribution in [1.82, 2.24) is 4.98 Å². The molecule has 0 saturated carbocycles. The molecule has 1 aromatic carbocycles. The number of carbonyl (C=O) groups excluding carboxylic acids is 2. The van der Waals surface area contributed by atoms with Gasteiger partial charge in [0.2, 0.25) is 0 Å². The van der Waals surface area contributed by atoms with E-state index < -0.39 is 6.10 Å². The van der Waals surface area contributed by atoms with Crippen molar-refractivity contribution in [2.45, 2.75) is 26.4 Å². The number of rotatable bonds is 4. The number of hydrogen-bond donors (Lipinski definition) is 1. The van der Waals surface area contributed by atoms with Crippen molar-refractivity contribution >= 4 is 23.2 Å². The fourth-order valence-corrected chi connectivity index (χ4v) is 2.65. The van der Waals surface area contributed by atoms with Crippen LogP contribution in [0.25, 0.3) is 0 Å². The molecule has 2 amide bonds. The van der Waals surface area contributed by atoms with E-state index in [9.17, 15) is 9.59 Å². The van der Waals surface area contributed by atoms with Crippen LogP contribution in [-0.4, -0.2) is 29.4 Å². The average Bonchev–Trinajstić information content (AvgIpc) is 2.60. The van der Waals surface area contributed by atoms with Crippen molar-refractivity contribution in [2.75, 3.05) is 16.8 Å². The van der Waals surface area contributed by atoms with Crippen molar-refractivity contribution in [2.24, 2.45) is 0 Å². The summed E-state index contributed by atoms with van der Waals surface area (Å²) in [6.45, 7) is 4.37. The fourth-order valence-electron chi connectivity index (χ4n) is 2.65. The van der Waals surface area contributed by atoms with Gasteiger partial charge in [0.05, 0.1) is 5.69 Å². The number of nitrogens with one attached hydrogen (secondary N) is 1. The zero-order chi connectivity index (χ0) is 17.1. The minimum atomic E-state index is -0.499. The molecule has 0 spiro atoms. The molecule has 1 aliphatic heterocycles. The molecule has 124 valence electrons. The van der Waals surface area contributed by atoms with E-state index in [4.69, 9.17) is 4.74 Å². The van der Waals surface area contributed by atoms with E-state index in [1.54, 1.807) is 54.5 Å². The first kappa shape index (κ1) is 16.0. The van der Waals surface area contributed by atoms with E-state index in [1.807, 2.05) is 6.92 Å². The van der Waals surface area contributed by atoms with E-state index in [1.165, 1.54) is 0 Å². The number of fused-ring (bicyclic) bond motifs is 1. The summed E-state index contributed by atoms with van der Waals surface area (Å²) in [7, 11) is 0. The molecule has 1 N–H and O–H groups in total. The van der Waals surface area contributed by atoms with Gasteiger partial charge in [-0.2, -0.15) is 0 Å². The van der Waals surface area contributed by atoms with Gasteiger partial charge in [-0.3, -0.25) is 14.6 Å². The summed E-state index contributed by atoms with van der Waals surface area (Å²) in [6.07, 6.45) is 3.48. The maximum atomic E-state index is 12.3. The minimum absolute atomic E-state index is 0.0676. The highest BCUT2D eigenvalue weighted by molar-refractivity contribution is 6.05. The van der Waals surface area contributed by atoms with Gasteiger partial charge in [-0.25, -0.2) is 0 Å². The van der Waals surface area contributed by atoms with Gasteiger partial charge in [0.1, 0.15) is 5.75 Å². The quantitative estimate of drug-likeness (QED) is 0.938. The molecule has 1 atom stereocenters. The Labute approximate surface area is 140 Å². The lowest BCUT2D eigenvalue weighted by atomic mass is 10.1. The third kappa shape index (κ3) is 3.08. The van der Waals surface area contributed by atoms with Crippen molar-refractivity contribution < 1.29 is 14.3 Å². The van der Waals surface area contributed by atoms with E-state index in [0.717, 1.165) is 6.42 Å². The predicted octanol–water partition coefficient (Wildman–Crippen LogP) is 2.86. The molecule has 2 heterocycles. The van der Waals surface area contributed by atoms with Crippen molar-refractivity contribution in [3.05, 3.63) is 48.3 Å². The molecule has 3 rings (SSSR count). The number of hydrogen-bond acceptors (Lipinski definition) is 4. The van der Waals surface area contributed by atoms with Gasteiger partial charge in [-0.05, 0) is 43.7 Å². The maximum absolute atomic E-state index is 12.3. The Morgan fingerprint density at radius 2 is 2.04 bits per heavy atom. The van der Waals surface area contributed by atoms with Gasteiger partial charge in [-0.1, -0.05) is 6.92 Å². The summed E-state index contributed by atoms with van der Waals surface area (Å²) in [5.41, 5.74) is 1.82. The molecule has 6 nitrogen and oxygen atoms in total. The van der Waals surface area contributed by atoms with Crippen molar-refractivity contribution in [3.63, 3.8) is 0 Å². The molecular weight excluding hydrogens is 306 g/mol. The summed E-state index contributed by atoms with van der Waals surface area (Å²) in [6, 6.07) is 8.61. The lowest BCUT2D eigenvalue weighted by Crippen LogP contribution is -2.44. The molecule has 0 saturated heterocycles. The minimum Gasteiger partial charge on any atom is -0.479 e. The van der Waals surface area contributed by atoms with Crippen molar-refractivity contribution in [3.8, 4) is 5.75 Å². The summed E-state index contributed by atoms with van der Waals surface area (Å²) in [5.74, 6) is 0.357. The van der Waals surface area contributed by atoms with Crippen molar-refractivity contribution in [1.29, 1.82) is 0 Å². The highest BCUT2D eigenvalue weighted by atomic mass is 16.5.